The number of hydrogen-bond acceptors (Lipinski definition) is 10. The van der Waals surface area contributed by atoms with E-state index in [1.54, 1.807) is 48.5 Å². The van der Waals surface area contributed by atoms with E-state index < -0.39 is 19.1 Å². The van der Waals surface area contributed by atoms with E-state index in [9.17, 15) is 27.8 Å². The van der Waals surface area contributed by atoms with Crippen molar-refractivity contribution in [3.63, 3.8) is 0 Å². The molecule has 0 saturated carbocycles. The minimum atomic E-state index is -4.77. The topological polar surface area (TPSA) is 153 Å². The second kappa shape index (κ2) is 16.1. The first-order valence-electron chi connectivity index (χ1n) is 15.7. The SMILES string of the molecule is CC1(C)OB(O)c2ccc(C(=O)NCCOCCOCCNC(=O)c3cccc(-c4cc(Nc5ccc(OC(F)(F)F)cc5)ncn4)c3)cc21. The Labute approximate surface area is 286 Å². The first kappa shape index (κ1) is 36.3. The highest BCUT2D eigenvalue weighted by atomic mass is 19.4. The van der Waals surface area contributed by atoms with E-state index in [4.69, 9.17) is 14.1 Å². The number of fused-ring (bicyclic) bond motifs is 1. The van der Waals surface area contributed by atoms with E-state index >= 15 is 0 Å². The fraction of sp³-hybridized carbons (Fsp3) is 0.294. The van der Waals surface area contributed by atoms with Crippen molar-refractivity contribution in [2.75, 3.05) is 44.8 Å². The molecule has 0 bridgehead atoms. The lowest BCUT2D eigenvalue weighted by molar-refractivity contribution is -0.274. The number of anilines is 2. The number of halogens is 3. The third-order valence-electron chi connectivity index (χ3n) is 7.52. The number of carbonyl (C=O) groups excluding carboxylic acids is 2. The molecule has 12 nitrogen and oxygen atoms in total. The van der Waals surface area contributed by atoms with Gasteiger partial charge in [0.25, 0.3) is 11.8 Å². The first-order chi connectivity index (χ1) is 23.9. The molecule has 2 heterocycles. The molecule has 0 unspecified atom stereocenters. The van der Waals surface area contributed by atoms with Crippen molar-refractivity contribution in [2.24, 2.45) is 0 Å². The molecule has 0 fully saturated rings. The smallest absolute Gasteiger partial charge is 0.423 e. The predicted molar refractivity (Wildman–Crippen MR) is 178 cm³/mol. The molecule has 0 radical (unpaired) electrons. The summed E-state index contributed by atoms with van der Waals surface area (Å²) in [6.45, 7) is 5.42. The fourth-order valence-electron chi connectivity index (χ4n) is 5.13. The van der Waals surface area contributed by atoms with E-state index in [1.807, 2.05) is 13.8 Å². The molecule has 0 atom stereocenters. The van der Waals surface area contributed by atoms with Crippen molar-refractivity contribution in [1.82, 2.24) is 20.6 Å². The minimum Gasteiger partial charge on any atom is -0.423 e. The summed E-state index contributed by atoms with van der Waals surface area (Å²) in [5.41, 5.74) is 3.31. The van der Waals surface area contributed by atoms with Crippen LogP contribution in [0.4, 0.5) is 24.7 Å². The van der Waals surface area contributed by atoms with E-state index in [1.165, 1.54) is 30.6 Å². The van der Waals surface area contributed by atoms with Gasteiger partial charge in [-0.15, -0.1) is 13.2 Å². The number of carbonyl (C=O) groups is 2. The molecule has 0 spiro atoms. The van der Waals surface area contributed by atoms with Crippen molar-refractivity contribution in [3.05, 3.63) is 95.8 Å². The highest BCUT2D eigenvalue weighted by Gasteiger charge is 2.40. The van der Waals surface area contributed by atoms with Crippen LogP contribution in [0.5, 0.6) is 5.75 Å². The third-order valence-corrected chi connectivity index (χ3v) is 7.52. The van der Waals surface area contributed by atoms with Crippen molar-refractivity contribution in [2.45, 2.75) is 25.8 Å². The summed E-state index contributed by atoms with van der Waals surface area (Å²) < 4.78 is 57.7. The monoisotopic (exact) mass is 693 g/mol. The molecular weight excluding hydrogens is 658 g/mol. The molecule has 0 aliphatic carbocycles. The summed E-state index contributed by atoms with van der Waals surface area (Å²) in [7, 11) is -1.00. The molecule has 1 aromatic heterocycles. The van der Waals surface area contributed by atoms with Crippen LogP contribution in [0.15, 0.2) is 79.1 Å². The molecule has 2 amide bonds. The van der Waals surface area contributed by atoms with Crippen molar-refractivity contribution < 1.29 is 46.6 Å². The van der Waals surface area contributed by atoms with Crippen LogP contribution in [0, 0.1) is 0 Å². The Morgan fingerprint density at radius 3 is 2.18 bits per heavy atom. The molecule has 1 aliphatic heterocycles. The summed E-state index contributed by atoms with van der Waals surface area (Å²) in [6.07, 6.45) is -3.44. The number of nitrogens with one attached hydrogen (secondary N) is 3. The van der Waals surface area contributed by atoms with Crippen LogP contribution in [0.25, 0.3) is 11.3 Å². The van der Waals surface area contributed by atoms with Gasteiger partial charge < -0.3 is 39.8 Å². The average molecular weight is 693 g/mol. The molecule has 4 N–H and O–H groups in total. The van der Waals surface area contributed by atoms with Gasteiger partial charge in [0.1, 0.15) is 17.9 Å². The maximum Gasteiger partial charge on any atom is 0.573 e. The Balaban J connectivity index is 0.978. The zero-order valence-corrected chi connectivity index (χ0v) is 27.3. The number of aromatic nitrogens is 2. The van der Waals surface area contributed by atoms with Gasteiger partial charge in [-0.25, -0.2) is 9.97 Å². The fourth-order valence-corrected chi connectivity index (χ4v) is 5.13. The number of rotatable bonds is 15. The summed E-state index contributed by atoms with van der Waals surface area (Å²) in [6, 6.07) is 18.8. The Bertz CT molecular complexity index is 1790. The van der Waals surface area contributed by atoms with Crippen LogP contribution in [0.2, 0.25) is 0 Å². The predicted octanol–water partition coefficient (Wildman–Crippen LogP) is 3.93. The van der Waals surface area contributed by atoms with Gasteiger partial charge in [0.2, 0.25) is 0 Å². The molecule has 1 aliphatic rings. The Hall–Kier alpha value is -5.03. The van der Waals surface area contributed by atoms with Crippen LogP contribution in [-0.4, -0.2) is 79.8 Å². The molecule has 50 heavy (non-hydrogen) atoms. The van der Waals surface area contributed by atoms with Gasteiger partial charge in [-0.05, 0) is 73.4 Å². The van der Waals surface area contributed by atoms with Crippen LogP contribution in [0.1, 0.15) is 40.1 Å². The zero-order chi connectivity index (χ0) is 35.7. The Morgan fingerprint density at radius 1 is 0.860 bits per heavy atom. The highest BCUT2D eigenvalue weighted by Crippen LogP contribution is 2.30. The normalized spacial score (nSPS) is 13.4. The first-order valence-corrected chi connectivity index (χ1v) is 15.7. The summed E-state index contributed by atoms with van der Waals surface area (Å²) in [4.78, 5) is 33.7. The summed E-state index contributed by atoms with van der Waals surface area (Å²) in [5, 5.41) is 18.6. The van der Waals surface area contributed by atoms with Crippen LogP contribution in [0.3, 0.4) is 0 Å². The van der Waals surface area contributed by atoms with Crippen LogP contribution < -0.4 is 26.2 Å². The Morgan fingerprint density at radius 2 is 1.52 bits per heavy atom. The van der Waals surface area contributed by atoms with E-state index in [-0.39, 0.29) is 37.3 Å². The maximum absolute atomic E-state index is 12.7. The summed E-state index contributed by atoms with van der Waals surface area (Å²) in [5.74, 6) is -0.493. The molecule has 16 heteroatoms. The van der Waals surface area contributed by atoms with Gasteiger partial charge in [-0.1, -0.05) is 18.2 Å². The number of alkyl halides is 3. The van der Waals surface area contributed by atoms with Crippen molar-refractivity contribution in [3.8, 4) is 17.0 Å². The van der Waals surface area contributed by atoms with Crippen molar-refractivity contribution in [1.29, 1.82) is 0 Å². The van der Waals surface area contributed by atoms with Gasteiger partial charge in [-0.2, -0.15) is 0 Å². The van der Waals surface area contributed by atoms with E-state index in [0.29, 0.717) is 59.1 Å². The number of amides is 2. The number of nitrogens with zero attached hydrogens (tertiary/aromatic N) is 2. The minimum absolute atomic E-state index is 0.254. The van der Waals surface area contributed by atoms with E-state index in [2.05, 4.69) is 30.7 Å². The molecule has 3 aromatic carbocycles. The molecule has 4 aromatic rings. The zero-order valence-electron chi connectivity index (χ0n) is 27.3. The quantitative estimate of drug-likeness (QED) is 0.106. The number of hydrogen-bond donors (Lipinski definition) is 4. The molecule has 0 saturated heterocycles. The van der Waals surface area contributed by atoms with Gasteiger partial charge in [0.15, 0.2) is 0 Å². The van der Waals surface area contributed by atoms with Gasteiger partial charge in [-0.3, -0.25) is 9.59 Å². The molecule has 262 valence electrons. The molecular formula is C34H35BF3N5O7. The lowest BCUT2D eigenvalue weighted by Crippen LogP contribution is -2.30. The van der Waals surface area contributed by atoms with Gasteiger partial charge in [0.05, 0.1) is 37.7 Å². The number of benzene rings is 3. The maximum atomic E-state index is 12.7. The number of ether oxygens (including phenoxy) is 3. The molecule has 5 rings (SSSR count). The largest absolute Gasteiger partial charge is 0.573 e. The summed E-state index contributed by atoms with van der Waals surface area (Å²) >= 11 is 0. The second-order valence-electron chi connectivity index (χ2n) is 11.6. The average Bonchev–Trinajstić information content (AvgIpc) is 3.32. The van der Waals surface area contributed by atoms with Crippen LogP contribution >= 0.6 is 0 Å². The lowest BCUT2D eigenvalue weighted by Gasteiger charge is -2.20. The second-order valence-corrected chi connectivity index (χ2v) is 11.6. The third kappa shape index (κ3) is 10.0. The Kier molecular flexibility index (Phi) is 11.7. The van der Waals surface area contributed by atoms with Gasteiger partial charge in [0, 0.05) is 41.5 Å². The van der Waals surface area contributed by atoms with Crippen LogP contribution in [-0.2, 0) is 19.7 Å². The van der Waals surface area contributed by atoms with Gasteiger partial charge >= 0.3 is 13.5 Å². The lowest BCUT2D eigenvalue weighted by atomic mass is 9.78. The standard InChI is InChI=1S/C34H35BF3N5O7/c1-33(2)27-19-24(6-11-28(27)35(46)50-33)32(45)40-13-15-48-17-16-47-14-12-39-31(44)23-5-3-4-22(18-23)29-20-30(42-21-41-29)43-25-7-9-26(10-8-25)49-34(36,37)38/h3-11,18-21,46H,12-17H2,1-2H3,(H,39,44)(H,40,45)(H,41,42,43). The highest BCUT2D eigenvalue weighted by molar-refractivity contribution is 6.62. The van der Waals surface area contributed by atoms with Crippen molar-refractivity contribution >= 4 is 35.9 Å². The van der Waals surface area contributed by atoms with E-state index in [0.717, 1.165) is 5.56 Å².